The number of anilines is 1. The van der Waals surface area contributed by atoms with Crippen LogP contribution in [0.5, 0.6) is 0 Å². The van der Waals surface area contributed by atoms with Crippen molar-refractivity contribution in [3.63, 3.8) is 0 Å². The Hall–Kier alpha value is -1.20. The van der Waals surface area contributed by atoms with Gasteiger partial charge in [0.1, 0.15) is 12.1 Å². The molecule has 76 valence electrons. The van der Waals surface area contributed by atoms with Crippen LogP contribution in [0.15, 0.2) is 18.6 Å². The zero-order valence-corrected chi connectivity index (χ0v) is 8.10. The molecule has 2 heterocycles. The van der Waals surface area contributed by atoms with Crippen molar-refractivity contribution in [1.82, 2.24) is 15.3 Å². The average Bonchev–Trinajstić information content (AvgIpc) is 2.67. The number of methoxy groups -OCH3 is 1. The summed E-state index contributed by atoms with van der Waals surface area (Å²) in [5.74, 6) is 0.843. The van der Waals surface area contributed by atoms with Crippen molar-refractivity contribution in [2.45, 2.75) is 12.1 Å². The van der Waals surface area contributed by atoms with Crippen molar-refractivity contribution in [3.8, 4) is 0 Å². The SMILES string of the molecule is CO[C@H]1CNCC1Nc1ccncn1. The number of hydrogen-bond donors (Lipinski definition) is 2. The van der Waals surface area contributed by atoms with Gasteiger partial charge in [-0.3, -0.25) is 0 Å². The fraction of sp³-hybridized carbons (Fsp3) is 0.556. The van der Waals surface area contributed by atoms with E-state index < -0.39 is 0 Å². The standard InChI is InChI=1S/C9H14N4O/c1-14-8-5-11-4-7(8)13-9-2-3-10-6-12-9/h2-3,6-8,11H,4-5H2,1H3,(H,10,12,13)/t7?,8-/m0/s1. The molecule has 0 bridgehead atoms. The molecule has 1 unspecified atom stereocenters. The van der Waals surface area contributed by atoms with Gasteiger partial charge in [-0.15, -0.1) is 0 Å². The third-order valence-corrected chi connectivity index (χ3v) is 2.38. The summed E-state index contributed by atoms with van der Waals surface area (Å²) < 4.78 is 5.33. The number of ether oxygens (including phenoxy) is 1. The van der Waals surface area contributed by atoms with Crippen molar-refractivity contribution in [1.29, 1.82) is 0 Å². The summed E-state index contributed by atoms with van der Waals surface area (Å²) in [5.41, 5.74) is 0. The summed E-state index contributed by atoms with van der Waals surface area (Å²) in [6.45, 7) is 1.79. The summed E-state index contributed by atoms with van der Waals surface area (Å²) in [4.78, 5) is 7.97. The molecule has 0 amide bonds. The van der Waals surface area contributed by atoms with Crippen LogP contribution >= 0.6 is 0 Å². The number of aromatic nitrogens is 2. The van der Waals surface area contributed by atoms with Crippen LogP contribution in [0, 0.1) is 0 Å². The van der Waals surface area contributed by atoms with Gasteiger partial charge < -0.3 is 15.4 Å². The normalized spacial score (nSPS) is 26.4. The first kappa shape index (κ1) is 9.36. The summed E-state index contributed by atoms with van der Waals surface area (Å²) in [6, 6.07) is 2.14. The summed E-state index contributed by atoms with van der Waals surface area (Å²) >= 11 is 0. The van der Waals surface area contributed by atoms with Crippen LogP contribution in [0.1, 0.15) is 0 Å². The van der Waals surface area contributed by atoms with Crippen LogP contribution in [-0.4, -0.2) is 42.3 Å². The average molecular weight is 194 g/mol. The Morgan fingerprint density at radius 1 is 1.57 bits per heavy atom. The Labute approximate surface area is 82.9 Å². The molecule has 1 fully saturated rings. The molecule has 0 saturated carbocycles. The first-order chi connectivity index (χ1) is 6.90. The largest absolute Gasteiger partial charge is 0.378 e. The molecule has 1 aromatic heterocycles. The smallest absolute Gasteiger partial charge is 0.129 e. The Bertz CT molecular complexity index is 279. The lowest BCUT2D eigenvalue weighted by Crippen LogP contribution is -2.33. The fourth-order valence-corrected chi connectivity index (χ4v) is 1.61. The summed E-state index contributed by atoms with van der Waals surface area (Å²) in [7, 11) is 1.73. The zero-order valence-electron chi connectivity index (χ0n) is 8.10. The van der Waals surface area contributed by atoms with E-state index in [1.807, 2.05) is 6.07 Å². The molecule has 1 saturated heterocycles. The van der Waals surface area contributed by atoms with E-state index in [0.717, 1.165) is 18.9 Å². The number of nitrogens with one attached hydrogen (secondary N) is 2. The van der Waals surface area contributed by atoms with Crippen molar-refractivity contribution >= 4 is 5.82 Å². The van der Waals surface area contributed by atoms with Crippen molar-refractivity contribution in [3.05, 3.63) is 18.6 Å². The molecule has 14 heavy (non-hydrogen) atoms. The number of nitrogens with zero attached hydrogens (tertiary/aromatic N) is 2. The molecule has 5 heteroatoms. The van der Waals surface area contributed by atoms with Crippen LogP contribution in [0.2, 0.25) is 0 Å². The van der Waals surface area contributed by atoms with Gasteiger partial charge >= 0.3 is 0 Å². The first-order valence-electron chi connectivity index (χ1n) is 4.66. The minimum Gasteiger partial charge on any atom is -0.378 e. The van der Waals surface area contributed by atoms with Crippen molar-refractivity contribution < 1.29 is 4.74 Å². The topological polar surface area (TPSA) is 59.1 Å². The van der Waals surface area contributed by atoms with E-state index in [-0.39, 0.29) is 12.1 Å². The van der Waals surface area contributed by atoms with Gasteiger partial charge in [0.2, 0.25) is 0 Å². The Morgan fingerprint density at radius 3 is 3.21 bits per heavy atom. The van der Waals surface area contributed by atoms with E-state index in [0.29, 0.717) is 0 Å². The Kier molecular flexibility index (Phi) is 2.90. The van der Waals surface area contributed by atoms with E-state index in [1.54, 1.807) is 13.3 Å². The minimum atomic E-state index is 0.213. The van der Waals surface area contributed by atoms with Gasteiger partial charge in [0.15, 0.2) is 0 Å². The molecule has 0 aliphatic carbocycles. The second-order valence-electron chi connectivity index (χ2n) is 3.28. The van der Waals surface area contributed by atoms with Gasteiger partial charge in [0, 0.05) is 26.4 Å². The molecule has 2 atom stereocenters. The van der Waals surface area contributed by atoms with E-state index in [9.17, 15) is 0 Å². The predicted molar refractivity (Wildman–Crippen MR) is 53.1 cm³/mol. The Morgan fingerprint density at radius 2 is 2.50 bits per heavy atom. The third-order valence-electron chi connectivity index (χ3n) is 2.38. The lowest BCUT2D eigenvalue weighted by molar-refractivity contribution is 0.111. The lowest BCUT2D eigenvalue weighted by Gasteiger charge is -2.18. The van der Waals surface area contributed by atoms with E-state index in [1.165, 1.54) is 6.33 Å². The first-order valence-corrected chi connectivity index (χ1v) is 4.66. The van der Waals surface area contributed by atoms with Gasteiger partial charge in [0.25, 0.3) is 0 Å². The highest BCUT2D eigenvalue weighted by Gasteiger charge is 2.26. The molecule has 2 N–H and O–H groups in total. The fourth-order valence-electron chi connectivity index (χ4n) is 1.61. The van der Waals surface area contributed by atoms with Gasteiger partial charge in [-0.2, -0.15) is 0 Å². The van der Waals surface area contributed by atoms with Gasteiger partial charge in [-0.05, 0) is 6.07 Å². The lowest BCUT2D eigenvalue weighted by atomic mass is 10.2. The maximum Gasteiger partial charge on any atom is 0.129 e. The molecular weight excluding hydrogens is 180 g/mol. The van der Waals surface area contributed by atoms with Crippen LogP contribution in [-0.2, 0) is 4.74 Å². The molecule has 0 aromatic carbocycles. The van der Waals surface area contributed by atoms with Gasteiger partial charge in [0.05, 0.1) is 12.1 Å². The number of hydrogen-bond acceptors (Lipinski definition) is 5. The molecule has 0 radical (unpaired) electrons. The molecule has 1 aliphatic rings. The maximum absolute atomic E-state index is 5.33. The summed E-state index contributed by atoms with van der Waals surface area (Å²) in [6.07, 6.45) is 3.47. The van der Waals surface area contributed by atoms with Crippen LogP contribution in [0.25, 0.3) is 0 Å². The summed E-state index contributed by atoms with van der Waals surface area (Å²) in [5, 5.41) is 6.57. The molecule has 2 rings (SSSR count). The quantitative estimate of drug-likeness (QED) is 0.702. The maximum atomic E-state index is 5.33. The second-order valence-corrected chi connectivity index (χ2v) is 3.28. The molecule has 1 aromatic rings. The predicted octanol–water partition coefficient (Wildman–Crippen LogP) is -0.125. The van der Waals surface area contributed by atoms with E-state index >= 15 is 0 Å². The highest BCUT2D eigenvalue weighted by molar-refractivity contribution is 5.34. The van der Waals surface area contributed by atoms with Crippen LogP contribution < -0.4 is 10.6 Å². The second kappa shape index (κ2) is 4.34. The van der Waals surface area contributed by atoms with Gasteiger partial charge in [-0.25, -0.2) is 9.97 Å². The van der Waals surface area contributed by atoms with Crippen molar-refractivity contribution in [2.24, 2.45) is 0 Å². The third kappa shape index (κ3) is 2.00. The van der Waals surface area contributed by atoms with Gasteiger partial charge in [-0.1, -0.05) is 0 Å². The van der Waals surface area contributed by atoms with E-state index in [2.05, 4.69) is 20.6 Å². The number of rotatable bonds is 3. The Balaban J connectivity index is 1.97. The van der Waals surface area contributed by atoms with Crippen LogP contribution in [0.3, 0.4) is 0 Å². The van der Waals surface area contributed by atoms with E-state index in [4.69, 9.17) is 4.74 Å². The molecule has 0 spiro atoms. The molecular formula is C9H14N4O. The monoisotopic (exact) mass is 194 g/mol. The van der Waals surface area contributed by atoms with Crippen molar-refractivity contribution in [2.75, 3.05) is 25.5 Å². The molecule has 1 aliphatic heterocycles. The zero-order chi connectivity index (χ0) is 9.80. The highest BCUT2D eigenvalue weighted by Crippen LogP contribution is 2.09. The van der Waals surface area contributed by atoms with Crippen LogP contribution in [0.4, 0.5) is 5.82 Å². The molecule has 5 nitrogen and oxygen atoms in total. The minimum absolute atomic E-state index is 0.213. The highest BCUT2D eigenvalue weighted by atomic mass is 16.5.